The zero-order valence-corrected chi connectivity index (χ0v) is 17.1. The van der Waals surface area contributed by atoms with Gasteiger partial charge in [-0.2, -0.15) is 0 Å². The molecule has 1 heterocycles. The summed E-state index contributed by atoms with van der Waals surface area (Å²) in [5, 5.41) is 0. The smallest absolute Gasteiger partial charge is 0.166 e. The van der Waals surface area contributed by atoms with Gasteiger partial charge in [-0.25, -0.2) is 0 Å². The molecule has 0 radical (unpaired) electrons. The molecule has 1 fully saturated rings. The highest BCUT2D eigenvalue weighted by Crippen LogP contribution is 2.30. The summed E-state index contributed by atoms with van der Waals surface area (Å²) in [6.45, 7) is 4.93. The molecule has 0 aromatic heterocycles. The molecule has 0 amide bonds. The molecule has 1 aliphatic heterocycles. The van der Waals surface area contributed by atoms with Crippen LogP contribution in [0.5, 0.6) is 0 Å². The van der Waals surface area contributed by atoms with E-state index in [1.54, 1.807) is 0 Å². The van der Waals surface area contributed by atoms with E-state index in [-0.39, 0.29) is 10.9 Å². The molecule has 0 unspecified atom stereocenters. The molecule has 1 saturated heterocycles. The van der Waals surface area contributed by atoms with Gasteiger partial charge < -0.3 is 9.80 Å². The summed E-state index contributed by atoms with van der Waals surface area (Å²) >= 11 is 0. The van der Waals surface area contributed by atoms with Gasteiger partial charge in [-0.1, -0.05) is 54.6 Å². The Morgan fingerprint density at radius 2 is 0.741 bits per heavy atom. The molecule has 4 rings (SSSR count). The second-order valence-corrected chi connectivity index (χ2v) is 8.88. The van der Waals surface area contributed by atoms with Crippen LogP contribution < -0.4 is 0 Å². The number of likely N-dealkylation sites (N-methyl/N-ethyl adjacent to an activating group) is 2. The van der Waals surface area contributed by atoms with Crippen molar-refractivity contribution in [2.45, 2.75) is 14.7 Å². The van der Waals surface area contributed by atoms with E-state index in [1.807, 2.05) is 0 Å². The van der Waals surface area contributed by atoms with Crippen molar-refractivity contribution in [3.8, 4) is 0 Å². The lowest BCUT2D eigenvalue weighted by atomic mass is 10.4. The van der Waals surface area contributed by atoms with Crippen molar-refractivity contribution in [2.75, 3.05) is 40.3 Å². The summed E-state index contributed by atoms with van der Waals surface area (Å²) in [7, 11) is 4.33. The van der Waals surface area contributed by atoms with Crippen molar-refractivity contribution in [2.24, 2.45) is 0 Å². The highest BCUT2D eigenvalue weighted by Gasteiger charge is 2.27. The van der Waals surface area contributed by atoms with Gasteiger partial charge in [0.05, 0.1) is 10.9 Å². The van der Waals surface area contributed by atoms with Crippen LogP contribution >= 0.6 is 0 Å². The quantitative estimate of drug-likeness (QED) is 0.613. The molecule has 0 atom stereocenters. The van der Waals surface area contributed by atoms with Crippen molar-refractivity contribution in [1.29, 1.82) is 0 Å². The molecule has 3 aromatic carbocycles. The zero-order valence-electron chi connectivity index (χ0n) is 16.3. The topological polar surface area (TPSA) is 6.48 Å². The van der Waals surface area contributed by atoms with Gasteiger partial charge in [0.1, 0.15) is 0 Å². The zero-order chi connectivity index (χ0) is 18.9. The van der Waals surface area contributed by atoms with Crippen LogP contribution in [0.4, 0.5) is 0 Å². The van der Waals surface area contributed by atoms with Gasteiger partial charge in [-0.05, 0) is 50.5 Å². The van der Waals surface area contributed by atoms with Gasteiger partial charge in [0.2, 0.25) is 0 Å². The van der Waals surface area contributed by atoms with Crippen molar-refractivity contribution in [1.82, 2.24) is 9.80 Å². The van der Waals surface area contributed by atoms with E-state index in [2.05, 4.69) is 115 Å². The highest BCUT2D eigenvalue weighted by atomic mass is 32.2. The summed E-state index contributed by atoms with van der Waals surface area (Å²) in [6, 6.07) is 32.2. The third-order valence-electron chi connectivity index (χ3n) is 4.66. The number of hydrogen-bond donors (Lipinski definition) is 0. The third kappa shape index (κ3) is 5.96. The Morgan fingerprint density at radius 1 is 0.481 bits per heavy atom. The lowest BCUT2D eigenvalue weighted by Crippen LogP contribution is -2.42. The minimum Gasteiger partial charge on any atom is -0.304 e. The van der Waals surface area contributed by atoms with Crippen LogP contribution in [0, 0.1) is 0 Å². The largest absolute Gasteiger partial charge is 0.304 e. The lowest BCUT2D eigenvalue weighted by molar-refractivity contribution is 0.181. The molecule has 27 heavy (non-hydrogen) atoms. The van der Waals surface area contributed by atoms with Crippen LogP contribution in [-0.4, -0.2) is 50.1 Å². The molecule has 3 heteroatoms. The van der Waals surface area contributed by atoms with Crippen LogP contribution in [0.3, 0.4) is 0 Å². The van der Waals surface area contributed by atoms with Crippen LogP contribution in [0.1, 0.15) is 0 Å². The number of hydrogen-bond acceptors (Lipinski definition) is 2. The lowest BCUT2D eigenvalue weighted by Gasteiger charge is -2.28. The minimum atomic E-state index is -0.0146. The summed E-state index contributed by atoms with van der Waals surface area (Å²) in [5.41, 5.74) is 0. The Labute approximate surface area is 166 Å². The fourth-order valence-electron chi connectivity index (χ4n) is 2.98. The van der Waals surface area contributed by atoms with Gasteiger partial charge in [0.15, 0.2) is 14.7 Å². The number of rotatable bonds is 3. The van der Waals surface area contributed by atoms with Crippen molar-refractivity contribution < 1.29 is 0 Å². The standard InChI is InChI=1S/C18H15S.C6H14N2/c1-4-10-16(11-5-1)19(17-12-6-2-7-13-17)18-14-8-3-9-15-18;1-7-3-5-8(2)6-4-7/h1-15H;3-6H2,1-2H3/q+1;. The van der Waals surface area contributed by atoms with Gasteiger partial charge in [0.25, 0.3) is 0 Å². The number of nitrogens with zero attached hydrogens (tertiary/aromatic N) is 2. The van der Waals surface area contributed by atoms with Gasteiger partial charge in [-0.15, -0.1) is 0 Å². The first-order valence-corrected chi connectivity index (χ1v) is 10.7. The summed E-state index contributed by atoms with van der Waals surface area (Å²) in [4.78, 5) is 8.81. The predicted octanol–water partition coefficient (Wildman–Crippen LogP) is 4.65. The Bertz CT molecular complexity index is 665. The summed E-state index contributed by atoms with van der Waals surface area (Å²) < 4.78 is 0. The molecule has 0 spiro atoms. The molecule has 1 aliphatic rings. The van der Waals surface area contributed by atoms with E-state index in [0.717, 1.165) is 0 Å². The maximum absolute atomic E-state index is 2.36. The van der Waals surface area contributed by atoms with E-state index in [0.29, 0.717) is 0 Å². The normalized spacial score (nSPS) is 15.2. The van der Waals surface area contributed by atoms with Crippen molar-refractivity contribution in [3.63, 3.8) is 0 Å². The van der Waals surface area contributed by atoms with Crippen molar-refractivity contribution >= 4 is 10.9 Å². The summed E-state index contributed by atoms with van der Waals surface area (Å²) in [5.74, 6) is 0. The number of piperazine rings is 1. The van der Waals surface area contributed by atoms with E-state index >= 15 is 0 Å². The van der Waals surface area contributed by atoms with Crippen LogP contribution in [0.15, 0.2) is 106 Å². The molecule has 0 aliphatic carbocycles. The van der Waals surface area contributed by atoms with E-state index < -0.39 is 0 Å². The van der Waals surface area contributed by atoms with Gasteiger partial charge in [0, 0.05) is 26.2 Å². The maximum atomic E-state index is 2.36. The van der Waals surface area contributed by atoms with Gasteiger partial charge in [-0.3, -0.25) is 0 Å². The second kappa shape index (κ2) is 10.3. The Morgan fingerprint density at radius 3 is 1.00 bits per heavy atom. The Kier molecular flexibility index (Phi) is 7.52. The Balaban J connectivity index is 0.000000221. The van der Waals surface area contributed by atoms with Crippen LogP contribution in [0.2, 0.25) is 0 Å². The first-order chi connectivity index (χ1) is 13.2. The van der Waals surface area contributed by atoms with E-state index in [9.17, 15) is 0 Å². The first-order valence-electron chi connectivity index (χ1n) is 9.50. The monoisotopic (exact) mass is 377 g/mol. The highest BCUT2D eigenvalue weighted by molar-refractivity contribution is 7.97. The molecule has 3 aromatic rings. The van der Waals surface area contributed by atoms with Crippen LogP contribution in [-0.2, 0) is 10.9 Å². The minimum absolute atomic E-state index is 0.0146. The molecule has 2 nitrogen and oxygen atoms in total. The molecule has 140 valence electrons. The fourth-order valence-corrected chi connectivity index (χ4v) is 5.09. The fraction of sp³-hybridized carbons (Fsp3) is 0.250. The van der Waals surface area contributed by atoms with Gasteiger partial charge >= 0.3 is 0 Å². The molecular formula is C24H29N2S+. The van der Waals surface area contributed by atoms with Crippen LogP contribution in [0.25, 0.3) is 0 Å². The number of benzene rings is 3. The SMILES string of the molecule is CN1CCN(C)CC1.c1ccc([S+](c2ccccc2)c2ccccc2)cc1. The first kappa shape index (κ1) is 19.7. The van der Waals surface area contributed by atoms with Crippen molar-refractivity contribution in [3.05, 3.63) is 91.0 Å². The van der Waals surface area contributed by atoms with E-state index in [1.165, 1.54) is 40.9 Å². The Hall–Kier alpha value is -2.07. The summed E-state index contributed by atoms with van der Waals surface area (Å²) in [6.07, 6.45) is 0. The second-order valence-electron chi connectivity index (χ2n) is 6.85. The average Bonchev–Trinajstić information content (AvgIpc) is 2.73. The molecule has 0 saturated carbocycles. The molecule has 0 bridgehead atoms. The molecular weight excluding hydrogens is 348 g/mol. The third-order valence-corrected chi connectivity index (χ3v) is 6.89. The average molecular weight is 378 g/mol. The maximum Gasteiger partial charge on any atom is 0.166 e. The molecule has 0 N–H and O–H groups in total. The van der Waals surface area contributed by atoms with E-state index in [4.69, 9.17) is 0 Å². The predicted molar refractivity (Wildman–Crippen MR) is 116 cm³/mol.